The Morgan fingerprint density at radius 2 is 1.87 bits per heavy atom. The van der Waals surface area contributed by atoms with Crippen molar-refractivity contribution in [3.05, 3.63) is 77.7 Å². The summed E-state index contributed by atoms with van der Waals surface area (Å²) in [5, 5.41) is 6.62. The van der Waals surface area contributed by atoms with E-state index in [0.29, 0.717) is 31.4 Å². The summed E-state index contributed by atoms with van der Waals surface area (Å²) in [6.45, 7) is 1.33. The normalized spacial score (nSPS) is 14.6. The monoisotopic (exact) mass is 538 g/mol. The van der Waals surface area contributed by atoms with Crippen LogP contribution in [0.2, 0.25) is 0 Å². The number of hydrogen-bond donors (Lipinski definition) is 2. The molecule has 0 bridgehead atoms. The molecule has 0 saturated heterocycles. The highest BCUT2D eigenvalue weighted by atomic mass is 127. The highest BCUT2D eigenvalue weighted by Crippen LogP contribution is 2.47. The van der Waals surface area contributed by atoms with E-state index in [1.165, 1.54) is 18.2 Å². The second-order valence-electron chi connectivity index (χ2n) is 7.54. The Kier molecular flexibility index (Phi) is 7.64. The van der Waals surface area contributed by atoms with Gasteiger partial charge in [-0.15, -0.1) is 24.0 Å². The molecule has 4 rings (SSSR count). The van der Waals surface area contributed by atoms with Crippen LogP contribution in [0.1, 0.15) is 24.1 Å². The molecule has 1 saturated carbocycles. The lowest BCUT2D eigenvalue weighted by molar-refractivity contribution is 0.571. The molecule has 0 radical (unpaired) electrons. The van der Waals surface area contributed by atoms with Gasteiger partial charge in [-0.1, -0.05) is 12.1 Å². The molecule has 8 heteroatoms. The average molecular weight is 538 g/mol. The standard InChI is InChI=1S/C23H24F2N4O.HI/c1-26-22(28-15-23(10-11-23)17-3-2-4-19(25)13-17)27-12-9-20-14-30-21(29-20)16-5-7-18(24)8-6-16;/h2-8,13-14H,9-12,15H2,1H3,(H2,26,27,28);1H. The summed E-state index contributed by atoms with van der Waals surface area (Å²) in [7, 11) is 1.72. The first-order valence-corrected chi connectivity index (χ1v) is 9.99. The molecule has 1 heterocycles. The van der Waals surface area contributed by atoms with Crippen molar-refractivity contribution in [1.29, 1.82) is 0 Å². The lowest BCUT2D eigenvalue weighted by Crippen LogP contribution is -2.42. The number of nitrogens with one attached hydrogen (secondary N) is 2. The predicted octanol–water partition coefficient (Wildman–Crippen LogP) is 4.68. The lowest BCUT2D eigenvalue weighted by Gasteiger charge is -2.19. The average Bonchev–Trinajstić information content (AvgIpc) is 3.41. The van der Waals surface area contributed by atoms with E-state index < -0.39 is 0 Å². The highest BCUT2D eigenvalue weighted by molar-refractivity contribution is 14.0. The van der Waals surface area contributed by atoms with E-state index in [2.05, 4.69) is 20.6 Å². The zero-order valence-corrected chi connectivity index (χ0v) is 19.5. The smallest absolute Gasteiger partial charge is 0.226 e. The van der Waals surface area contributed by atoms with Crippen molar-refractivity contribution in [3.63, 3.8) is 0 Å². The molecule has 0 unspecified atom stereocenters. The number of aromatic nitrogens is 1. The topological polar surface area (TPSA) is 62.5 Å². The van der Waals surface area contributed by atoms with Gasteiger partial charge in [0.05, 0.1) is 5.69 Å². The van der Waals surface area contributed by atoms with Crippen LogP contribution in [0.4, 0.5) is 8.78 Å². The number of benzene rings is 2. The van der Waals surface area contributed by atoms with Crippen LogP contribution >= 0.6 is 24.0 Å². The predicted molar refractivity (Wildman–Crippen MR) is 128 cm³/mol. The van der Waals surface area contributed by atoms with Gasteiger partial charge in [-0.25, -0.2) is 13.8 Å². The molecule has 1 fully saturated rings. The molecule has 1 aliphatic rings. The van der Waals surface area contributed by atoms with Gasteiger partial charge in [-0.2, -0.15) is 0 Å². The third kappa shape index (κ3) is 5.81. The van der Waals surface area contributed by atoms with E-state index in [0.717, 1.165) is 29.7 Å². The van der Waals surface area contributed by atoms with Crippen LogP contribution in [0.5, 0.6) is 0 Å². The quantitative estimate of drug-likeness (QED) is 0.261. The maximum absolute atomic E-state index is 13.6. The summed E-state index contributed by atoms with van der Waals surface area (Å²) in [6.07, 6.45) is 4.33. The zero-order valence-electron chi connectivity index (χ0n) is 17.2. The van der Waals surface area contributed by atoms with E-state index in [1.807, 2.05) is 6.07 Å². The van der Waals surface area contributed by atoms with Crippen molar-refractivity contribution in [1.82, 2.24) is 15.6 Å². The molecule has 164 valence electrons. The van der Waals surface area contributed by atoms with E-state index in [9.17, 15) is 8.78 Å². The molecule has 0 amide bonds. The van der Waals surface area contributed by atoms with Gasteiger partial charge >= 0.3 is 0 Å². The molecule has 0 spiro atoms. The maximum atomic E-state index is 13.6. The fourth-order valence-corrected chi connectivity index (χ4v) is 3.47. The number of halogens is 3. The van der Waals surface area contributed by atoms with Crippen molar-refractivity contribution < 1.29 is 13.2 Å². The molecule has 2 aromatic carbocycles. The Bertz CT molecular complexity index is 1030. The summed E-state index contributed by atoms with van der Waals surface area (Å²) >= 11 is 0. The van der Waals surface area contributed by atoms with Crippen LogP contribution in [-0.4, -0.2) is 31.1 Å². The summed E-state index contributed by atoms with van der Waals surface area (Å²) in [5.41, 5.74) is 2.55. The maximum Gasteiger partial charge on any atom is 0.226 e. The van der Waals surface area contributed by atoms with Gasteiger partial charge in [0.1, 0.15) is 17.9 Å². The van der Waals surface area contributed by atoms with Gasteiger partial charge in [0.25, 0.3) is 0 Å². The third-order valence-corrected chi connectivity index (χ3v) is 5.42. The molecule has 1 aromatic heterocycles. The molecule has 3 aromatic rings. The SMILES string of the molecule is CN=C(NCCc1coc(-c2ccc(F)cc2)n1)NCC1(c2cccc(F)c2)CC1.I. The molecule has 31 heavy (non-hydrogen) atoms. The molecule has 0 aliphatic heterocycles. The summed E-state index contributed by atoms with van der Waals surface area (Å²) < 4.78 is 32.1. The molecular formula is C23H25F2IN4O. The first-order valence-electron chi connectivity index (χ1n) is 9.99. The fraction of sp³-hybridized carbons (Fsp3) is 0.304. The summed E-state index contributed by atoms with van der Waals surface area (Å²) in [5.74, 6) is 0.672. The van der Waals surface area contributed by atoms with Crippen LogP contribution < -0.4 is 10.6 Å². The number of oxazole rings is 1. The van der Waals surface area contributed by atoms with E-state index in [1.54, 1.807) is 37.6 Å². The Morgan fingerprint density at radius 3 is 2.55 bits per heavy atom. The van der Waals surface area contributed by atoms with Gasteiger partial charge < -0.3 is 15.1 Å². The van der Waals surface area contributed by atoms with Crippen molar-refractivity contribution in [2.45, 2.75) is 24.7 Å². The second kappa shape index (κ2) is 10.2. The third-order valence-electron chi connectivity index (χ3n) is 5.42. The first kappa shape index (κ1) is 23.2. The highest BCUT2D eigenvalue weighted by Gasteiger charge is 2.44. The van der Waals surface area contributed by atoms with Crippen molar-refractivity contribution in [3.8, 4) is 11.5 Å². The van der Waals surface area contributed by atoms with E-state index in [4.69, 9.17) is 4.42 Å². The van der Waals surface area contributed by atoms with Crippen molar-refractivity contribution >= 4 is 29.9 Å². The summed E-state index contributed by atoms with van der Waals surface area (Å²) in [6, 6.07) is 12.9. The fourth-order valence-electron chi connectivity index (χ4n) is 3.47. The largest absolute Gasteiger partial charge is 0.444 e. The van der Waals surface area contributed by atoms with Crippen LogP contribution in [0.3, 0.4) is 0 Å². The van der Waals surface area contributed by atoms with Crippen LogP contribution in [-0.2, 0) is 11.8 Å². The first-order chi connectivity index (χ1) is 14.6. The van der Waals surface area contributed by atoms with E-state index in [-0.39, 0.29) is 41.0 Å². The minimum absolute atomic E-state index is 0. The molecular weight excluding hydrogens is 513 g/mol. The Labute approximate surface area is 197 Å². The number of aliphatic imine (C=N–C) groups is 1. The number of guanidine groups is 1. The molecule has 1 aliphatic carbocycles. The number of hydrogen-bond acceptors (Lipinski definition) is 3. The van der Waals surface area contributed by atoms with Gasteiger partial charge in [-0.05, 0) is 54.8 Å². The van der Waals surface area contributed by atoms with E-state index >= 15 is 0 Å². The number of rotatable bonds is 7. The zero-order chi connectivity index (χ0) is 21.0. The van der Waals surface area contributed by atoms with Gasteiger partial charge in [0.15, 0.2) is 5.96 Å². The molecule has 2 N–H and O–H groups in total. The molecule has 5 nitrogen and oxygen atoms in total. The minimum Gasteiger partial charge on any atom is -0.444 e. The Balaban J connectivity index is 0.00000272. The second-order valence-corrected chi connectivity index (χ2v) is 7.54. The Hall–Kier alpha value is -2.49. The van der Waals surface area contributed by atoms with Gasteiger partial charge in [0.2, 0.25) is 5.89 Å². The van der Waals surface area contributed by atoms with Gasteiger partial charge in [-0.3, -0.25) is 4.99 Å². The van der Waals surface area contributed by atoms with Gasteiger partial charge in [0, 0.05) is 37.5 Å². The Morgan fingerprint density at radius 1 is 1.10 bits per heavy atom. The van der Waals surface area contributed by atoms with Crippen LogP contribution in [0, 0.1) is 11.6 Å². The number of nitrogens with zero attached hydrogens (tertiary/aromatic N) is 2. The molecule has 0 atom stereocenters. The van der Waals surface area contributed by atoms with Crippen LogP contribution in [0.15, 0.2) is 64.2 Å². The summed E-state index contributed by atoms with van der Waals surface area (Å²) in [4.78, 5) is 8.71. The van der Waals surface area contributed by atoms with Crippen molar-refractivity contribution in [2.24, 2.45) is 4.99 Å². The lowest BCUT2D eigenvalue weighted by atomic mass is 9.96. The van der Waals surface area contributed by atoms with Crippen molar-refractivity contribution in [2.75, 3.05) is 20.1 Å². The van der Waals surface area contributed by atoms with Crippen LogP contribution in [0.25, 0.3) is 11.5 Å². The minimum atomic E-state index is -0.293.